The van der Waals surface area contributed by atoms with Crippen molar-refractivity contribution in [3.63, 3.8) is 0 Å². The summed E-state index contributed by atoms with van der Waals surface area (Å²) in [6.07, 6.45) is 1.03. The second kappa shape index (κ2) is 1.23. The Balaban J connectivity index is 2.28. The van der Waals surface area contributed by atoms with Crippen molar-refractivity contribution in [1.82, 2.24) is 0 Å². The molecule has 0 heterocycles. The molecule has 0 aromatic heterocycles. The number of carbonyl (C=O) groups is 1. The number of rotatable bonds is 0. The first-order chi connectivity index (χ1) is 2.79. The molecule has 0 atom stereocenters. The van der Waals surface area contributed by atoms with Gasteiger partial charge in [-0.2, -0.15) is 0 Å². The van der Waals surface area contributed by atoms with Gasteiger partial charge in [0.25, 0.3) is 0 Å². The Hall–Kier alpha value is -0.0400. The topological polar surface area (TPSA) is 17.1 Å². The van der Waals surface area contributed by atoms with Gasteiger partial charge in [0.15, 0.2) is 0 Å². The minimum Gasteiger partial charge on any atom is -0.300 e. The molecular weight excluding hydrogens is 99.5 g/mol. The molecule has 1 aliphatic rings. The zero-order valence-electron chi connectivity index (χ0n) is 3.20. The van der Waals surface area contributed by atoms with E-state index < -0.39 is 0 Å². The maximum absolute atomic E-state index is 10.0. The molecule has 1 fully saturated rings. The van der Waals surface area contributed by atoms with Gasteiger partial charge in [0.2, 0.25) is 0 Å². The van der Waals surface area contributed by atoms with Gasteiger partial charge in [0, 0.05) is 12.8 Å². The fourth-order valence-electron chi connectivity index (χ4n) is 0.376. The third-order valence-corrected chi connectivity index (χ3v) is 1.05. The number of carbonyl (C=O) groups excluding carboxylic acids is 1. The van der Waals surface area contributed by atoms with Crippen molar-refractivity contribution >= 4 is 17.4 Å². The van der Waals surface area contributed by atoms with Gasteiger partial charge >= 0.3 is 0 Å². The second-order valence-corrected chi connectivity index (χ2v) is 1.94. The van der Waals surface area contributed by atoms with Crippen LogP contribution in [0.15, 0.2) is 0 Å². The predicted molar refractivity (Wildman–Crippen MR) is 23.3 cm³/mol. The molecule has 1 saturated carbocycles. The van der Waals surface area contributed by atoms with Gasteiger partial charge in [0.1, 0.15) is 5.78 Å². The molecule has 0 aromatic rings. The molecule has 0 bridgehead atoms. The van der Waals surface area contributed by atoms with Crippen molar-refractivity contribution in [2.75, 3.05) is 0 Å². The summed E-state index contributed by atoms with van der Waals surface area (Å²) in [5.41, 5.74) is 0. The van der Waals surface area contributed by atoms with Crippen LogP contribution in [-0.4, -0.2) is 5.78 Å². The van der Waals surface area contributed by atoms with E-state index in [-0.39, 0.29) is 5.78 Å². The summed E-state index contributed by atoms with van der Waals surface area (Å²) in [4.78, 5) is 10.0. The van der Waals surface area contributed by atoms with Crippen LogP contribution in [0, 0.1) is 5.38 Å². The van der Waals surface area contributed by atoms with E-state index in [0.717, 1.165) is 5.38 Å². The van der Waals surface area contributed by atoms with Crippen LogP contribution in [0.4, 0.5) is 0 Å². The highest BCUT2D eigenvalue weighted by atomic mass is 35.5. The third-order valence-electron chi connectivity index (χ3n) is 0.778. The summed E-state index contributed by atoms with van der Waals surface area (Å²) >= 11 is 5.34. The maximum atomic E-state index is 10.0. The minimum absolute atomic E-state index is 0.264. The highest BCUT2D eigenvalue weighted by Crippen LogP contribution is 2.28. The fraction of sp³-hybridized carbons (Fsp3) is 0.500. The zero-order chi connectivity index (χ0) is 4.57. The van der Waals surface area contributed by atoms with E-state index in [1.165, 1.54) is 0 Å². The van der Waals surface area contributed by atoms with Gasteiger partial charge in [-0.25, -0.2) is 0 Å². The Morgan fingerprint density at radius 1 is 1.50 bits per heavy atom. The average Bonchev–Trinajstić information content (AvgIpc) is 1.33. The summed E-state index contributed by atoms with van der Waals surface area (Å²) in [7, 11) is 0. The van der Waals surface area contributed by atoms with Crippen molar-refractivity contribution in [2.45, 2.75) is 12.8 Å². The van der Waals surface area contributed by atoms with Crippen LogP contribution in [0.2, 0.25) is 0 Å². The molecule has 6 heavy (non-hydrogen) atoms. The second-order valence-electron chi connectivity index (χ2n) is 1.41. The van der Waals surface area contributed by atoms with Gasteiger partial charge in [-0.3, -0.25) is 4.79 Å². The summed E-state index contributed by atoms with van der Waals surface area (Å²) in [5, 5.41) is 0.806. The van der Waals surface area contributed by atoms with E-state index in [9.17, 15) is 4.79 Å². The zero-order valence-corrected chi connectivity index (χ0v) is 3.96. The van der Waals surface area contributed by atoms with Crippen molar-refractivity contribution < 1.29 is 4.79 Å². The first-order valence-corrected chi connectivity index (χ1v) is 2.19. The first kappa shape index (κ1) is 4.13. The Morgan fingerprint density at radius 2 is 2.00 bits per heavy atom. The van der Waals surface area contributed by atoms with E-state index in [1.54, 1.807) is 0 Å². The fourth-order valence-corrected chi connectivity index (χ4v) is 0.674. The first-order valence-electron chi connectivity index (χ1n) is 1.81. The van der Waals surface area contributed by atoms with Crippen LogP contribution in [-0.2, 0) is 4.79 Å². The van der Waals surface area contributed by atoms with Crippen molar-refractivity contribution in [2.24, 2.45) is 0 Å². The average molecular weight is 104 g/mol. The quantitative estimate of drug-likeness (QED) is 0.449. The van der Waals surface area contributed by atoms with Crippen LogP contribution in [0.3, 0.4) is 0 Å². The molecule has 0 aromatic carbocycles. The van der Waals surface area contributed by atoms with Crippen LogP contribution in [0.1, 0.15) is 12.8 Å². The Kier molecular flexibility index (Phi) is 0.845. The lowest BCUT2D eigenvalue weighted by molar-refractivity contribution is -0.121. The monoisotopic (exact) mass is 103 g/mol. The highest BCUT2D eigenvalue weighted by molar-refractivity contribution is 6.32. The standard InChI is InChI=1S/C4H4ClO/c5-3-1-4(6)2-3/h1-2H2. The van der Waals surface area contributed by atoms with E-state index in [1.807, 2.05) is 0 Å². The molecular formula is C4H4ClO. The molecule has 0 saturated heterocycles. The minimum atomic E-state index is 0.264. The van der Waals surface area contributed by atoms with E-state index in [0.29, 0.717) is 12.8 Å². The molecule has 1 rings (SSSR count). The SMILES string of the molecule is O=C1C[C](Cl)C1. The summed E-state index contributed by atoms with van der Waals surface area (Å²) in [6, 6.07) is 0. The highest BCUT2D eigenvalue weighted by Gasteiger charge is 2.24. The molecule has 2 heteroatoms. The number of hydrogen-bond acceptors (Lipinski definition) is 1. The number of ketones is 1. The smallest absolute Gasteiger partial charge is 0.136 e. The number of Topliss-reactive ketones (excluding diaryl/α,β-unsaturated/α-hetero) is 1. The van der Waals surface area contributed by atoms with Crippen LogP contribution in [0.5, 0.6) is 0 Å². The maximum Gasteiger partial charge on any atom is 0.136 e. The predicted octanol–water partition coefficient (Wildman–Crippen LogP) is 1.12. The number of hydrogen-bond donors (Lipinski definition) is 0. The summed E-state index contributed by atoms with van der Waals surface area (Å²) in [6.45, 7) is 0. The molecule has 0 aliphatic heterocycles. The van der Waals surface area contributed by atoms with Crippen molar-refractivity contribution in [3.8, 4) is 0 Å². The van der Waals surface area contributed by atoms with E-state index >= 15 is 0 Å². The van der Waals surface area contributed by atoms with Gasteiger partial charge in [-0.1, -0.05) is 0 Å². The Bertz CT molecular complexity index is 71.6. The molecule has 0 N–H and O–H groups in total. The molecule has 1 aliphatic carbocycles. The molecule has 0 amide bonds. The van der Waals surface area contributed by atoms with Gasteiger partial charge in [0.05, 0.1) is 5.38 Å². The van der Waals surface area contributed by atoms with Crippen LogP contribution >= 0.6 is 11.6 Å². The summed E-state index contributed by atoms with van der Waals surface area (Å²) in [5.74, 6) is 0.264. The van der Waals surface area contributed by atoms with Crippen molar-refractivity contribution in [3.05, 3.63) is 5.38 Å². The third kappa shape index (κ3) is 0.548. The Labute approximate surface area is 41.3 Å². The lowest BCUT2D eigenvalue weighted by Gasteiger charge is -2.13. The molecule has 1 nitrogen and oxygen atoms in total. The van der Waals surface area contributed by atoms with Gasteiger partial charge in [-0.05, 0) is 0 Å². The molecule has 33 valence electrons. The van der Waals surface area contributed by atoms with Crippen molar-refractivity contribution in [1.29, 1.82) is 0 Å². The summed E-state index contributed by atoms with van der Waals surface area (Å²) < 4.78 is 0. The lowest BCUT2D eigenvalue weighted by atomic mass is 9.98. The van der Waals surface area contributed by atoms with Crippen LogP contribution < -0.4 is 0 Å². The number of halogens is 1. The lowest BCUT2D eigenvalue weighted by Crippen LogP contribution is -2.15. The van der Waals surface area contributed by atoms with E-state index in [2.05, 4.69) is 0 Å². The molecule has 0 spiro atoms. The Morgan fingerprint density at radius 3 is 2.00 bits per heavy atom. The van der Waals surface area contributed by atoms with Crippen LogP contribution in [0.25, 0.3) is 0 Å². The van der Waals surface area contributed by atoms with E-state index in [4.69, 9.17) is 11.6 Å². The largest absolute Gasteiger partial charge is 0.300 e. The molecule has 1 radical (unpaired) electrons. The van der Waals surface area contributed by atoms with Gasteiger partial charge < -0.3 is 0 Å². The normalized spacial score (nSPS) is 23.8. The molecule has 0 unspecified atom stereocenters. The van der Waals surface area contributed by atoms with Gasteiger partial charge in [-0.15, -0.1) is 11.6 Å².